The van der Waals surface area contributed by atoms with Gasteiger partial charge in [-0.3, -0.25) is 0 Å². The van der Waals surface area contributed by atoms with E-state index in [2.05, 4.69) is 29.9 Å². The molecule has 10 heavy (non-hydrogen) atoms. The molecule has 0 aromatic carbocycles. The summed E-state index contributed by atoms with van der Waals surface area (Å²) in [5.41, 5.74) is 0. The van der Waals surface area contributed by atoms with Gasteiger partial charge in [0.05, 0.1) is 0 Å². The van der Waals surface area contributed by atoms with Crippen molar-refractivity contribution in [2.45, 2.75) is 0 Å². The molecule has 2 N–H and O–H groups in total. The predicted molar refractivity (Wildman–Crippen MR) is 17.2 cm³/mol. The van der Waals surface area contributed by atoms with Gasteiger partial charge in [-0.1, -0.05) is 0 Å². The minimum absolute atomic E-state index is 1.57. The van der Waals surface area contributed by atoms with E-state index < -0.39 is 6.16 Å². The third-order valence-corrected chi connectivity index (χ3v) is 0.265. The van der Waals surface area contributed by atoms with E-state index in [1.165, 1.54) is 0 Å². The van der Waals surface area contributed by atoms with E-state index in [-0.39, 0.29) is 0 Å². The molecule has 0 spiro atoms. The summed E-state index contributed by atoms with van der Waals surface area (Å²) in [5.74, 6) is 0. The van der Waals surface area contributed by atoms with Gasteiger partial charge in [-0.2, -0.15) is 4.79 Å². The van der Waals surface area contributed by atoms with Crippen LogP contribution in [-0.2, 0) is 29.9 Å². The first-order valence-electron chi connectivity index (χ1n) is 1.64. The van der Waals surface area contributed by atoms with Crippen molar-refractivity contribution in [2.24, 2.45) is 0 Å². The van der Waals surface area contributed by atoms with Crippen molar-refractivity contribution in [1.29, 1.82) is 0 Å². The van der Waals surface area contributed by atoms with Crippen LogP contribution < -0.4 is 0 Å². The fraction of sp³-hybridized carbons (Fsp3) is 0. The van der Waals surface area contributed by atoms with Crippen LogP contribution in [0.4, 0.5) is 4.79 Å². The summed E-state index contributed by atoms with van der Waals surface area (Å²) in [7, 11) is 0. The van der Waals surface area contributed by atoms with Crippen LogP contribution in [0.2, 0.25) is 0 Å². The standard InChI is InChI=1S/CH2O9/c2-1(5-9-7-3)6-10-8-4/h3-4H. The number of carbonyl (C=O) groups is 1. The second-order valence-corrected chi connectivity index (χ2v) is 0.702. The Kier molecular flexibility index (Phi) is 5.56. The van der Waals surface area contributed by atoms with E-state index in [4.69, 9.17) is 10.5 Å². The normalized spacial score (nSPS) is 9.00. The first kappa shape index (κ1) is 9.03. The highest BCUT2D eigenvalue weighted by Crippen LogP contribution is 1.87. The van der Waals surface area contributed by atoms with Gasteiger partial charge in [-0.25, -0.2) is 20.3 Å². The van der Waals surface area contributed by atoms with Crippen molar-refractivity contribution in [3.05, 3.63) is 0 Å². The van der Waals surface area contributed by atoms with Crippen molar-refractivity contribution < 1.29 is 45.2 Å². The summed E-state index contributed by atoms with van der Waals surface area (Å²) in [5, 5.41) is 26.7. The van der Waals surface area contributed by atoms with Crippen LogP contribution in [0, 0.1) is 0 Å². The Hall–Kier alpha value is -0.970. The largest absolute Gasteiger partial charge is 0.577 e. The fourth-order valence-corrected chi connectivity index (χ4v) is 0.0999. The molecule has 0 atom stereocenters. The topological polar surface area (TPSA) is 113 Å². The molecule has 0 fully saturated rings. The van der Waals surface area contributed by atoms with Crippen molar-refractivity contribution >= 4 is 6.16 Å². The lowest BCUT2D eigenvalue weighted by atomic mass is 11.4. The third kappa shape index (κ3) is 5.17. The van der Waals surface area contributed by atoms with Crippen molar-refractivity contribution in [3.8, 4) is 0 Å². The van der Waals surface area contributed by atoms with Gasteiger partial charge in [-0.05, 0) is 10.1 Å². The lowest BCUT2D eigenvalue weighted by Crippen LogP contribution is -2.07. The maximum Gasteiger partial charge on any atom is 0.577 e. The van der Waals surface area contributed by atoms with E-state index in [0.29, 0.717) is 0 Å². The number of hydrogen-bond donors (Lipinski definition) is 2. The fourth-order valence-electron chi connectivity index (χ4n) is 0.0999. The Morgan fingerprint density at radius 1 is 1.00 bits per heavy atom. The van der Waals surface area contributed by atoms with Gasteiger partial charge in [0.15, 0.2) is 0 Å². The van der Waals surface area contributed by atoms with Crippen molar-refractivity contribution in [3.63, 3.8) is 0 Å². The number of hydrogen-bond acceptors (Lipinski definition) is 9. The smallest absolute Gasteiger partial charge is 0.224 e. The minimum atomic E-state index is -1.57. The molecule has 0 heterocycles. The highest BCUT2D eigenvalue weighted by atomic mass is 17.7. The molecule has 9 heteroatoms. The molecule has 0 aliphatic rings. The monoisotopic (exact) mass is 158 g/mol. The average Bonchev–Trinajstić information content (AvgIpc) is 1.97. The zero-order valence-corrected chi connectivity index (χ0v) is 4.25. The Bertz CT molecular complexity index is 76.7. The summed E-state index contributed by atoms with van der Waals surface area (Å²) >= 11 is 0. The molecule has 0 bridgehead atoms. The lowest BCUT2D eigenvalue weighted by molar-refractivity contribution is -0.633. The Labute approximate surface area is 52.7 Å². The maximum absolute atomic E-state index is 9.88. The van der Waals surface area contributed by atoms with E-state index in [9.17, 15) is 4.79 Å². The number of rotatable bonds is 4. The average molecular weight is 158 g/mol. The summed E-state index contributed by atoms with van der Waals surface area (Å²) in [6.07, 6.45) is -1.57. The van der Waals surface area contributed by atoms with E-state index in [1.54, 1.807) is 0 Å². The van der Waals surface area contributed by atoms with Gasteiger partial charge in [0, 0.05) is 10.1 Å². The highest BCUT2D eigenvalue weighted by molar-refractivity contribution is 5.57. The molecule has 0 radical (unpaired) electrons. The van der Waals surface area contributed by atoms with Crippen LogP contribution in [0.25, 0.3) is 0 Å². The van der Waals surface area contributed by atoms with Crippen LogP contribution in [-0.4, -0.2) is 16.7 Å². The van der Waals surface area contributed by atoms with Crippen LogP contribution in [0.5, 0.6) is 0 Å². The second kappa shape index (κ2) is 6.15. The molecule has 0 aliphatic carbocycles. The summed E-state index contributed by atoms with van der Waals surface area (Å²) in [6, 6.07) is 0. The zero-order valence-electron chi connectivity index (χ0n) is 4.25. The Morgan fingerprint density at radius 2 is 1.40 bits per heavy atom. The second-order valence-electron chi connectivity index (χ2n) is 0.702. The SMILES string of the molecule is O=C(OOOO)OOOO. The predicted octanol–water partition coefficient (Wildman–Crippen LogP) is -0.188. The van der Waals surface area contributed by atoms with E-state index in [1.807, 2.05) is 0 Å². The van der Waals surface area contributed by atoms with Gasteiger partial charge in [0.2, 0.25) is 0 Å². The highest BCUT2D eigenvalue weighted by Gasteiger charge is 2.06. The molecule has 0 aromatic heterocycles. The Balaban J connectivity index is 3.09. The summed E-state index contributed by atoms with van der Waals surface area (Å²) in [4.78, 5) is 16.6. The van der Waals surface area contributed by atoms with Crippen molar-refractivity contribution in [2.75, 3.05) is 0 Å². The van der Waals surface area contributed by atoms with E-state index in [0.717, 1.165) is 0 Å². The molecular weight excluding hydrogens is 156 g/mol. The zero-order chi connectivity index (χ0) is 7.82. The molecule has 9 nitrogen and oxygen atoms in total. The first-order chi connectivity index (χ1) is 4.81. The molecule has 0 aromatic rings. The summed E-state index contributed by atoms with van der Waals surface area (Å²) < 4.78 is 0. The van der Waals surface area contributed by atoms with Gasteiger partial charge >= 0.3 is 6.16 Å². The molecule has 0 rings (SSSR count). The van der Waals surface area contributed by atoms with Crippen LogP contribution in [0.3, 0.4) is 0 Å². The van der Waals surface area contributed by atoms with Gasteiger partial charge < -0.3 is 0 Å². The van der Waals surface area contributed by atoms with Crippen molar-refractivity contribution in [1.82, 2.24) is 0 Å². The molecule has 0 unspecified atom stereocenters. The number of carbonyl (C=O) groups excluding carboxylic acids is 1. The van der Waals surface area contributed by atoms with Crippen LogP contribution in [0.15, 0.2) is 0 Å². The van der Waals surface area contributed by atoms with Crippen LogP contribution >= 0.6 is 0 Å². The molecule has 0 aliphatic heterocycles. The maximum atomic E-state index is 9.88. The minimum Gasteiger partial charge on any atom is -0.224 e. The van der Waals surface area contributed by atoms with Crippen LogP contribution in [0.1, 0.15) is 0 Å². The van der Waals surface area contributed by atoms with Gasteiger partial charge in [-0.15, -0.1) is 0 Å². The quantitative estimate of drug-likeness (QED) is 0.424. The molecular formula is CH2O9. The van der Waals surface area contributed by atoms with Gasteiger partial charge in [0.1, 0.15) is 0 Å². The molecule has 0 amide bonds. The third-order valence-electron chi connectivity index (χ3n) is 0.265. The first-order valence-corrected chi connectivity index (χ1v) is 1.64. The summed E-state index contributed by atoms with van der Waals surface area (Å²) in [6.45, 7) is 0. The molecule has 60 valence electrons. The molecule has 0 saturated carbocycles. The van der Waals surface area contributed by atoms with Gasteiger partial charge in [0.25, 0.3) is 0 Å². The Morgan fingerprint density at radius 3 is 1.70 bits per heavy atom. The van der Waals surface area contributed by atoms with E-state index >= 15 is 0 Å². The molecule has 0 saturated heterocycles. The lowest BCUT2D eigenvalue weighted by Gasteiger charge is -1.94.